The van der Waals surface area contributed by atoms with Gasteiger partial charge in [0.15, 0.2) is 0 Å². The summed E-state index contributed by atoms with van der Waals surface area (Å²) in [7, 11) is 3.43. The zero-order valence-electron chi connectivity index (χ0n) is 11.7. The summed E-state index contributed by atoms with van der Waals surface area (Å²) in [5, 5.41) is 0.716. The van der Waals surface area contributed by atoms with Crippen molar-refractivity contribution >= 4 is 17.3 Å². The normalized spacial score (nSPS) is 11.2. The summed E-state index contributed by atoms with van der Waals surface area (Å²) in [4.78, 5) is 2.30. The Morgan fingerprint density at radius 2 is 1.89 bits per heavy atom. The molecule has 0 unspecified atom stereocenters. The SMILES string of the molecule is COCCCN(CCOC)Cc1cc(Cl)ccc1N. The van der Waals surface area contributed by atoms with Crippen LogP contribution in [0.25, 0.3) is 0 Å². The van der Waals surface area contributed by atoms with E-state index in [1.807, 2.05) is 18.2 Å². The summed E-state index contributed by atoms with van der Waals surface area (Å²) in [6.45, 7) is 4.05. The third kappa shape index (κ3) is 6.25. The lowest BCUT2D eigenvalue weighted by Gasteiger charge is -2.22. The Hall–Kier alpha value is -0.810. The summed E-state index contributed by atoms with van der Waals surface area (Å²) in [6, 6.07) is 5.58. The lowest BCUT2D eigenvalue weighted by Crippen LogP contribution is -2.29. The molecule has 0 bridgehead atoms. The number of nitrogens with two attached hydrogens (primary N) is 1. The second-order valence-electron chi connectivity index (χ2n) is 4.46. The highest BCUT2D eigenvalue weighted by atomic mass is 35.5. The number of rotatable bonds is 9. The van der Waals surface area contributed by atoms with Gasteiger partial charge in [-0.1, -0.05) is 11.6 Å². The maximum atomic E-state index is 6.01. The van der Waals surface area contributed by atoms with Crippen LogP contribution in [-0.4, -0.2) is 45.4 Å². The quantitative estimate of drug-likeness (QED) is 0.559. The van der Waals surface area contributed by atoms with Crippen LogP contribution in [0.15, 0.2) is 18.2 Å². The highest BCUT2D eigenvalue weighted by Gasteiger charge is 2.08. The molecule has 0 saturated heterocycles. The van der Waals surface area contributed by atoms with Gasteiger partial charge in [-0.05, 0) is 30.2 Å². The van der Waals surface area contributed by atoms with Crippen molar-refractivity contribution in [3.05, 3.63) is 28.8 Å². The van der Waals surface area contributed by atoms with Crippen molar-refractivity contribution in [1.29, 1.82) is 0 Å². The van der Waals surface area contributed by atoms with Gasteiger partial charge in [-0.3, -0.25) is 4.90 Å². The van der Waals surface area contributed by atoms with E-state index in [1.54, 1.807) is 14.2 Å². The van der Waals surface area contributed by atoms with Gasteiger partial charge >= 0.3 is 0 Å². The third-order valence-corrected chi connectivity index (χ3v) is 3.17. The van der Waals surface area contributed by atoms with Crippen LogP contribution in [0.5, 0.6) is 0 Å². The van der Waals surface area contributed by atoms with Gasteiger partial charge in [0.2, 0.25) is 0 Å². The van der Waals surface area contributed by atoms with Crippen molar-refractivity contribution in [3.63, 3.8) is 0 Å². The number of methoxy groups -OCH3 is 2. The molecule has 0 amide bonds. The Morgan fingerprint density at radius 1 is 1.16 bits per heavy atom. The van der Waals surface area contributed by atoms with Gasteiger partial charge in [-0.15, -0.1) is 0 Å². The Kier molecular flexibility index (Phi) is 7.82. The predicted molar refractivity (Wildman–Crippen MR) is 79.5 cm³/mol. The van der Waals surface area contributed by atoms with E-state index in [1.165, 1.54) is 0 Å². The van der Waals surface area contributed by atoms with Gasteiger partial charge in [0.1, 0.15) is 0 Å². The van der Waals surface area contributed by atoms with Gasteiger partial charge in [0, 0.05) is 51.2 Å². The molecule has 19 heavy (non-hydrogen) atoms. The van der Waals surface area contributed by atoms with Crippen LogP contribution in [0.2, 0.25) is 5.02 Å². The number of ether oxygens (including phenoxy) is 2. The van der Waals surface area contributed by atoms with Crippen LogP contribution in [0.1, 0.15) is 12.0 Å². The summed E-state index contributed by atoms with van der Waals surface area (Å²) >= 11 is 6.01. The minimum Gasteiger partial charge on any atom is -0.398 e. The molecule has 4 nitrogen and oxygen atoms in total. The smallest absolute Gasteiger partial charge is 0.0589 e. The number of halogens is 1. The Labute approximate surface area is 120 Å². The molecule has 0 aliphatic heterocycles. The van der Waals surface area contributed by atoms with Gasteiger partial charge in [-0.25, -0.2) is 0 Å². The van der Waals surface area contributed by atoms with E-state index in [4.69, 9.17) is 26.8 Å². The highest BCUT2D eigenvalue weighted by Crippen LogP contribution is 2.19. The van der Waals surface area contributed by atoms with Gasteiger partial charge in [0.05, 0.1) is 6.61 Å². The Balaban J connectivity index is 2.61. The van der Waals surface area contributed by atoms with Crippen LogP contribution in [0, 0.1) is 0 Å². The lowest BCUT2D eigenvalue weighted by atomic mass is 10.1. The molecular formula is C14H23ClN2O2. The first-order valence-electron chi connectivity index (χ1n) is 6.41. The van der Waals surface area contributed by atoms with Crippen molar-refractivity contribution in [2.75, 3.05) is 46.3 Å². The van der Waals surface area contributed by atoms with Gasteiger partial charge in [-0.2, -0.15) is 0 Å². The Morgan fingerprint density at radius 3 is 2.58 bits per heavy atom. The van der Waals surface area contributed by atoms with Crippen LogP contribution in [0.3, 0.4) is 0 Å². The van der Waals surface area contributed by atoms with Crippen molar-refractivity contribution < 1.29 is 9.47 Å². The van der Waals surface area contributed by atoms with Crippen LogP contribution < -0.4 is 5.73 Å². The molecule has 1 aromatic rings. The molecule has 0 aliphatic rings. The second kappa shape index (κ2) is 9.15. The fourth-order valence-electron chi connectivity index (χ4n) is 1.87. The molecule has 0 spiro atoms. The minimum absolute atomic E-state index is 0.702. The lowest BCUT2D eigenvalue weighted by molar-refractivity contribution is 0.129. The molecule has 0 radical (unpaired) electrons. The number of hydrogen-bond acceptors (Lipinski definition) is 4. The summed E-state index contributed by atoms with van der Waals surface area (Å²) < 4.78 is 10.2. The molecule has 0 aliphatic carbocycles. The van der Waals surface area contributed by atoms with Crippen molar-refractivity contribution in [1.82, 2.24) is 4.90 Å². The van der Waals surface area contributed by atoms with E-state index in [9.17, 15) is 0 Å². The summed E-state index contributed by atoms with van der Waals surface area (Å²) in [6.07, 6.45) is 0.987. The first kappa shape index (κ1) is 16.2. The number of hydrogen-bond donors (Lipinski definition) is 1. The molecule has 108 valence electrons. The Bertz CT molecular complexity index is 374. The second-order valence-corrected chi connectivity index (χ2v) is 4.89. The van der Waals surface area contributed by atoms with Crippen LogP contribution >= 0.6 is 11.6 Å². The van der Waals surface area contributed by atoms with E-state index in [0.717, 1.165) is 43.9 Å². The van der Waals surface area contributed by atoms with Gasteiger partial charge < -0.3 is 15.2 Å². The molecule has 0 heterocycles. The monoisotopic (exact) mass is 286 g/mol. The number of benzene rings is 1. The number of nitrogen functional groups attached to an aromatic ring is 1. The van der Waals surface area contributed by atoms with Crippen molar-refractivity contribution in [2.45, 2.75) is 13.0 Å². The summed E-state index contributed by atoms with van der Waals surface area (Å²) in [5.74, 6) is 0. The molecule has 0 saturated carbocycles. The standard InChI is InChI=1S/C14H23ClN2O2/c1-18-8-3-6-17(7-9-19-2)11-12-10-13(15)4-5-14(12)16/h4-5,10H,3,6-9,11,16H2,1-2H3. The van der Waals surface area contributed by atoms with Crippen molar-refractivity contribution in [3.8, 4) is 0 Å². The fourth-order valence-corrected chi connectivity index (χ4v) is 2.07. The molecular weight excluding hydrogens is 264 g/mol. The molecule has 0 atom stereocenters. The molecule has 2 N–H and O–H groups in total. The molecule has 5 heteroatoms. The van der Waals surface area contributed by atoms with E-state index in [2.05, 4.69) is 4.90 Å². The molecule has 0 fully saturated rings. The predicted octanol–water partition coefficient (Wildman–Crippen LogP) is 2.41. The largest absolute Gasteiger partial charge is 0.398 e. The van der Waals surface area contributed by atoms with E-state index in [-0.39, 0.29) is 0 Å². The van der Waals surface area contributed by atoms with Crippen molar-refractivity contribution in [2.24, 2.45) is 0 Å². The zero-order chi connectivity index (χ0) is 14.1. The third-order valence-electron chi connectivity index (χ3n) is 2.93. The average molecular weight is 287 g/mol. The molecule has 0 aromatic heterocycles. The number of nitrogens with zero attached hydrogens (tertiary/aromatic N) is 1. The maximum Gasteiger partial charge on any atom is 0.0589 e. The van der Waals surface area contributed by atoms with Gasteiger partial charge in [0.25, 0.3) is 0 Å². The number of anilines is 1. The zero-order valence-corrected chi connectivity index (χ0v) is 12.4. The van der Waals surface area contributed by atoms with E-state index < -0.39 is 0 Å². The highest BCUT2D eigenvalue weighted by molar-refractivity contribution is 6.30. The van der Waals surface area contributed by atoms with E-state index >= 15 is 0 Å². The maximum absolute atomic E-state index is 6.01. The van der Waals surface area contributed by atoms with E-state index in [0.29, 0.717) is 11.6 Å². The molecule has 1 aromatic carbocycles. The molecule has 1 rings (SSSR count). The van der Waals surface area contributed by atoms with Crippen LogP contribution in [0.4, 0.5) is 5.69 Å². The topological polar surface area (TPSA) is 47.7 Å². The van der Waals surface area contributed by atoms with Crippen LogP contribution in [-0.2, 0) is 16.0 Å². The average Bonchev–Trinajstić information content (AvgIpc) is 2.40. The first-order valence-corrected chi connectivity index (χ1v) is 6.79. The fraction of sp³-hybridized carbons (Fsp3) is 0.571. The minimum atomic E-state index is 0.702. The first-order chi connectivity index (χ1) is 9.17. The summed E-state index contributed by atoms with van der Waals surface area (Å²) in [5.41, 5.74) is 7.81.